The zero-order valence-corrected chi connectivity index (χ0v) is 13.1. The summed E-state index contributed by atoms with van der Waals surface area (Å²) in [4.78, 5) is 0. The molecule has 0 unspecified atom stereocenters. The molecule has 0 radical (unpaired) electrons. The highest BCUT2D eigenvalue weighted by Gasteiger charge is 2.21. The molecular weight excluding hydrogens is 260 g/mol. The van der Waals surface area contributed by atoms with Crippen molar-refractivity contribution in [2.75, 3.05) is 0 Å². The molecule has 21 heavy (non-hydrogen) atoms. The fourth-order valence-electron chi connectivity index (χ4n) is 3.44. The Balaban J connectivity index is 1.57. The highest BCUT2D eigenvalue weighted by atomic mass is 16.3. The zero-order valence-electron chi connectivity index (χ0n) is 13.1. The summed E-state index contributed by atoms with van der Waals surface area (Å²) in [5, 5.41) is 20.3. The molecule has 2 atom stereocenters. The van der Waals surface area contributed by atoms with Gasteiger partial charge in [-0.1, -0.05) is 49.6 Å². The van der Waals surface area contributed by atoms with E-state index in [2.05, 4.69) is 12.1 Å². The normalized spacial score (nSPS) is 19.3. The summed E-state index contributed by atoms with van der Waals surface area (Å²) in [7, 11) is 0. The predicted molar refractivity (Wildman–Crippen MR) is 87.2 cm³/mol. The van der Waals surface area contributed by atoms with Crippen LogP contribution >= 0.6 is 0 Å². The third kappa shape index (κ3) is 6.19. The van der Waals surface area contributed by atoms with Crippen molar-refractivity contribution in [1.29, 1.82) is 0 Å². The van der Waals surface area contributed by atoms with Gasteiger partial charge in [-0.2, -0.15) is 0 Å². The summed E-state index contributed by atoms with van der Waals surface area (Å²) in [5.41, 5.74) is 1.29. The molecule has 1 aliphatic rings. The van der Waals surface area contributed by atoms with Crippen LogP contribution in [0.25, 0.3) is 0 Å². The molecular formula is C19H30O2. The lowest BCUT2D eigenvalue weighted by molar-refractivity contribution is 0.0688. The summed E-state index contributed by atoms with van der Waals surface area (Å²) in [6, 6.07) is 10.3. The molecule has 0 spiro atoms. The maximum Gasteiger partial charge on any atom is 0.0568 e. The summed E-state index contributed by atoms with van der Waals surface area (Å²) in [5.74, 6) is 0.514. The Morgan fingerprint density at radius 1 is 0.905 bits per heavy atom. The van der Waals surface area contributed by atoms with Crippen LogP contribution in [0.2, 0.25) is 0 Å². The molecule has 2 N–H and O–H groups in total. The lowest BCUT2D eigenvalue weighted by atomic mass is 9.83. The number of hydrogen-bond donors (Lipinski definition) is 2. The summed E-state index contributed by atoms with van der Waals surface area (Å²) >= 11 is 0. The molecule has 1 saturated carbocycles. The molecule has 0 heterocycles. The van der Waals surface area contributed by atoms with Crippen molar-refractivity contribution in [2.45, 2.75) is 76.4 Å². The van der Waals surface area contributed by atoms with E-state index in [-0.39, 0.29) is 12.2 Å². The molecule has 1 aromatic rings. The monoisotopic (exact) mass is 290 g/mol. The highest BCUT2D eigenvalue weighted by Crippen LogP contribution is 2.28. The van der Waals surface area contributed by atoms with Crippen molar-refractivity contribution in [3.05, 3.63) is 35.9 Å². The van der Waals surface area contributed by atoms with Crippen LogP contribution in [0.5, 0.6) is 0 Å². The van der Waals surface area contributed by atoms with Crippen molar-refractivity contribution in [3.63, 3.8) is 0 Å². The number of hydrogen-bond acceptors (Lipinski definition) is 2. The molecule has 118 valence electrons. The average Bonchev–Trinajstić information content (AvgIpc) is 2.54. The van der Waals surface area contributed by atoms with Crippen molar-refractivity contribution in [1.82, 2.24) is 0 Å². The number of aliphatic hydroxyl groups excluding tert-OH is 2. The Hall–Kier alpha value is -0.860. The van der Waals surface area contributed by atoms with E-state index in [0.29, 0.717) is 5.92 Å². The lowest BCUT2D eigenvalue weighted by Gasteiger charge is -2.26. The second-order valence-electron chi connectivity index (χ2n) is 6.57. The lowest BCUT2D eigenvalue weighted by Crippen LogP contribution is -2.23. The van der Waals surface area contributed by atoms with E-state index >= 15 is 0 Å². The van der Waals surface area contributed by atoms with Crippen molar-refractivity contribution in [2.24, 2.45) is 5.92 Å². The van der Waals surface area contributed by atoms with Crippen LogP contribution in [0, 0.1) is 5.92 Å². The predicted octanol–water partition coefficient (Wildman–Crippen LogP) is 4.09. The van der Waals surface area contributed by atoms with Gasteiger partial charge in [0.25, 0.3) is 0 Å². The minimum absolute atomic E-state index is 0.147. The van der Waals surface area contributed by atoms with Crippen LogP contribution < -0.4 is 0 Å². The van der Waals surface area contributed by atoms with Gasteiger partial charge in [0.05, 0.1) is 12.2 Å². The van der Waals surface area contributed by atoms with Gasteiger partial charge < -0.3 is 10.2 Å². The summed E-state index contributed by atoms with van der Waals surface area (Å²) in [6.45, 7) is 0. The molecule has 1 aromatic carbocycles. The SMILES string of the molecule is O[C@H](CCC[C@@H](O)C1CCCCC1)CCc1ccccc1. The Bertz CT molecular complexity index is 370. The van der Waals surface area contributed by atoms with E-state index in [1.165, 1.54) is 37.7 Å². The first-order valence-corrected chi connectivity index (χ1v) is 8.66. The van der Waals surface area contributed by atoms with Gasteiger partial charge in [0.15, 0.2) is 0 Å². The Kier molecular flexibility index (Phi) is 7.25. The molecule has 0 aliphatic heterocycles. The van der Waals surface area contributed by atoms with Crippen LogP contribution in [-0.4, -0.2) is 22.4 Å². The second-order valence-corrected chi connectivity index (χ2v) is 6.57. The minimum Gasteiger partial charge on any atom is -0.393 e. The molecule has 1 fully saturated rings. The van der Waals surface area contributed by atoms with E-state index in [1.54, 1.807) is 0 Å². The van der Waals surface area contributed by atoms with Gasteiger partial charge in [-0.25, -0.2) is 0 Å². The first kappa shape index (κ1) is 16.5. The van der Waals surface area contributed by atoms with Crippen LogP contribution in [0.1, 0.15) is 63.4 Å². The van der Waals surface area contributed by atoms with Crippen LogP contribution in [0.15, 0.2) is 30.3 Å². The maximum atomic E-state index is 10.2. The van der Waals surface area contributed by atoms with Gasteiger partial charge in [-0.15, -0.1) is 0 Å². The highest BCUT2D eigenvalue weighted by molar-refractivity contribution is 5.14. The van der Waals surface area contributed by atoms with Gasteiger partial charge in [-0.05, 0) is 56.4 Å². The largest absolute Gasteiger partial charge is 0.393 e. The second kappa shape index (κ2) is 9.22. The Morgan fingerprint density at radius 3 is 2.33 bits per heavy atom. The molecule has 0 saturated heterocycles. The van der Waals surface area contributed by atoms with E-state index in [0.717, 1.165) is 32.1 Å². The van der Waals surface area contributed by atoms with Crippen molar-refractivity contribution >= 4 is 0 Å². The molecule has 2 heteroatoms. The quantitative estimate of drug-likeness (QED) is 0.757. The van der Waals surface area contributed by atoms with Gasteiger partial charge >= 0.3 is 0 Å². The van der Waals surface area contributed by atoms with Crippen LogP contribution in [0.4, 0.5) is 0 Å². The topological polar surface area (TPSA) is 40.5 Å². The zero-order chi connectivity index (χ0) is 14.9. The molecule has 0 amide bonds. The molecule has 2 nitrogen and oxygen atoms in total. The molecule has 0 bridgehead atoms. The van der Waals surface area contributed by atoms with Gasteiger partial charge in [0.2, 0.25) is 0 Å². The molecule has 1 aliphatic carbocycles. The fourth-order valence-corrected chi connectivity index (χ4v) is 3.44. The number of aliphatic hydroxyl groups is 2. The van der Waals surface area contributed by atoms with Crippen LogP contribution in [-0.2, 0) is 6.42 Å². The van der Waals surface area contributed by atoms with Gasteiger partial charge in [0, 0.05) is 0 Å². The van der Waals surface area contributed by atoms with Gasteiger partial charge in [0.1, 0.15) is 0 Å². The van der Waals surface area contributed by atoms with Crippen molar-refractivity contribution in [3.8, 4) is 0 Å². The average molecular weight is 290 g/mol. The Labute approximate surface area is 129 Å². The Morgan fingerprint density at radius 2 is 1.62 bits per heavy atom. The van der Waals surface area contributed by atoms with Crippen LogP contribution in [0.3, 0.4) is 0 Å². The number of rotatable bonds is 8. The third-order valence-corrected chi connectivity index (χ3v) is 4.84. The number of aryl methyl sites for hydroxylation is 1. The summed E-state index contributed by atoms with van der Waals surface area (Å²) in [6.07, 6.45) is 10.3. The van der Waals surface area contributed by atoms with Gasteiger partial charge in [-0.3, -0.25) is 0 Å². The smallest absolute Gasteiger partial charge is 0.0568 e. The number of benzene rings is 1. The summed E-state index contributed by atoms with van der Waals surface area (Å²) < 4.78 is 0. The fraction of sp³-hybridized carbons (Fsp3) is 0.684. The maximum absolute atomic E-state index is 10.2. The minimum atomic E-state index is -0.233. The van der Waals surface area contributed by atoms with E-state index in [9.17, 15) is 10.2 Å². The molecule has 2 rings (SSSR count). The van der Waals surface area contributed by atoms with E-state index in [4.69, 9.17) is 0 Å². The molecule has 0 aromatic heterocycles. The first-order chi connectivity index (χ1) is 10.3. The van der Waals surface area contributed by atoms with E-state index in [1.807, 2.05) is 18.2 Å². The van der Waals surface area contributed by atoms with E-state index < -0.39 is 0 Å². The third-order valence-electron chi connectivity index (χ3n) is 4.84. The standard InChI is InChI=1S/C19H30O2/c20-18(15-14-16-8-3-1-4-9-16)12-7-13-19(21)17-10-5-2-6-11-17/h1,3-4,8-9,17-21H,2,5-7,10-15H2/t18-,19-/m1/s1. The van der Waals surface area contributed by atoms with Crippen molar-refractivity contribution < 1.29 is 10.2 Å². The first-order valence-electron chi connectivity index (χ1n) is 8.66.